The van der Waals surface area contributed by atoms with E-state index in [0.717, 1.165) is 5.25 Å². The Hall–Kier alpha value is -0.220. The number of hydrogen-bond donors (Lipinski definition) is 1. The second-order valence-electron chi connectivity index (χ2n) is 5.69. The average molecular weight is 259 g/mol. The summed E-state index contributed by atoms with van der Waals surface area (Å²) in [6, 6.07) is 0.480. The Morgan fingerprint density at radius 1 is 1.41 bits per heavy atom. The molecule has 0 heterocycles. The van der Waals surface area contributed by atoms with Gasteiger partial charge < -0.3 is 10.1 Å². The topological polar surface area (TPSA) is 38.3 Å². The summed E-state index contributed by atoms with van der Waals surface area (Å²) in [5, 5.41) is 4.07. The number of carbonyl (C=O) groups is 1. The van der Waals surface area contributed by atoms with E-state index in [-0.39, 0.29) is 11.6 Å². The molecule has 1 saturated carbocycles. The SMILES string of the molecule is CSC1CCCC(NCC(=O)OC(C)(C)C)C1. The van der Waals surface area contributed by atoms with Gasteiger partial charge in [0.1, 0.15) is 5.60 Å². The highest BCUT2D eigenvalue weighted by Gasteiger charge is 2.22. The number of esters is 1. The van der Waals surface area contributed by atoms with Crippen molar-refractivity contribution in [2.45, 2.75) is 63.3 Å². The quantitative estimate of drug-likeness (QED) is 0.788. The standard InChI is InChI=1S/C13H25NO2S/c1-13(2,3)16-12(15)9-14-10-6-5-7-11(8-10)17-4/h10-11,14H,5-9H2,1-4H3. The first-order chi connectivity index (χ1) is 7.90. The van der Waals surface area contributed by atoms with Gasteiger partial charge in [0.05, 0.1) is 6.54 Å². The minimum Gasteiger partial charge on any atom is -0.459 e. The second-order valence-corrected chi connectivity index (χ2v) is 6.83. The van der Waals surface area contributed by atoms with Crippen molar-refractivity contribution in [1.29, 1.82) is 0 Å². The van der Waals surface area contributed by atoms with Crippen molar-refractivity contribution in [3.8, 4) is 0 Å². The number of ether oxygens (including phenoxy) is 1. The Morgan fingerprint density at radius 3 is 2.71 bits per heavy atom. The van der Waals surface area contributed by atoms with Gasteiger partial charge in [0, 0.05) is 11.3 Å². The van der Waals surface area contributed by atoms with Crippen molar-refractivity contribution in [3.63, 3.8) is 0 Å². The zero-order valence-corrected chi connectivity index (χ0v) is 12.2. The number of rotatable bonds is 4. The molecule has 0 saturated heterocycles. The van der Waals surface area contributed by atoms with Gasteiger partial charge >= 0.3 is 5.97 Å². The number of carbonyl (C=O) groups excluding carboxylic acids is 1. The van der Waals surface area contributed by atoms with E-state index in [1.54, 1.807) is 0 Å². The molecule has 0 radical (unpaired) electrons. The minimum atomic E-state index is -0.382. The summed E-state index contributed by atoms with van der Waals surface area (Å²) in [5.74, 6) is -0.149. The fourth-order valence-electron chi connectivity index (χ4n) is 2.15. The Bertz CT molecular complexity index is 250. The Kier molecular flexibility index (Phi) is 5.80. The van der Waals surface area contributed by atoms with E-state index < -0.39 is 0 Å². The monoisotopic (exact) mass is 259 g/mol. The van der Waals surface area contributed by atoms with Gasteiger partial charge in [-0.25, -0.2) is 0 Å². The van der Waals surface area contributed by atoms with E-state index in [9.17, 15) is 4.79 Å². The van der Waals surface area contributed by atoms with Crippen LogP contribution in [0, 0.1) is 0 Å². The van der Waals surface area contributed by atoms with Crippen molar-refractivity contribution in [2.24, 2.45) is 0 Å². The lowest BCUT2D eigenvalue weighted by atomic mass is 9.95. The van der Waals surface area contributed by atoms with E-state index >= 15 is 0 Å². The molecule has 0 aliphatic heterocycles. The third kappa shape index (κ3) is 6.32. The molecule has 0 bridgehead atoms. The first-order valence-electron chi connectivity index (χ1n) is 6.39. The molecule has 17 heavy (non-hydrogen) atoms. The average Bonchev–Trinajstić information content (AvgIpc) is 2.24. The van der Waals surface area contributed by atoms with E-state index in [0.29, 0.717) is 12.6 Å². The summed E-state index contributed by atoms with van der Waals surface area (Å²) < 4.78 is 5.28. The summed E-state index contributed by atoms with van der Waals surface area (Å²) in [7, 11) is 0. The highest BCUT2D eigenvalue weighted by Crippen LogP contribution is 2.26. The smallest absolute Gasteiger partial charge is 0.320 e. The van der Waals surface area contributed by atoms with Crippen molar-refractivity contribution in [2.75, 3.05) is 12.8 Å². The Morgan fingerprint density at radius 2 is 2.12 bits per heavy atom. The molecule has 1 fully saturated rings. The van der Waals surface area contributed by atoms with E-state index in [4.69, 9.17) is 4.74 Å². The third-order valence-electron chi connectivity index (χ3n) is 2.91. The summed E-state index contributed by atoms with van der Waals surface area (Å²) >= 11 is 1.94. The zero-order chi connectivity index (χ0) is 12.9. The fourth-order valence-corrected chi connectivity index (χ4v) is 2.98. The predicted molar refractivity (Wildman–Crippen MR) is 73.4 cm³/mol. The lowest BCUT2D eigenvalue weighted by molar-refractivity contribution is -0.153. The van der Waals surface area contributed by atoms with Crippen LogP contribution in [0.15, 0.2) is 0 Å². The number of nitrogens with one attached hydrogen (secondary N) is 1. The first-order valence-corrected chi connectivity index (χ1v) is 7.67. The molecule has 2 atom stereocenters. The van der Waals surface area contributed by atoms with Crippen LogP contribution in [0.25, 0.3) is 0 Å². The molecule has 0 spiro atoms. The van der Waals surface area contributed by atoms with Crippen molar-refractivity contribution < 1.29 is 9.53 Å². The number of thioether (sulfide) groups is 1. The fraction of sp³-hybridized carbons (Fsp3) is 0.923. The molecule has 1 aliphatic carbocycles. The van der Waals surface area contributed by atoms with Gasteiger partial charge in [0.2, 0.25) is 0 Å². The van der Waals surface area contributed by atoms with E-state index in [1.807, 2.05) is 32.5 Å². The minimum absolute atomic E-state index is 0.149. The van der Waals surface area contributed by atoms with Crippen LogP contribution < -0.4 is 5.32 Å². The molecular formula is C13H25NO2S. The zero-order valence-electron chi connectivity index (χ0n) is 11.4. The van der Waals surface area contributed by atoms with Crippen LogP contribution >= 0.6 is 11.8 Å². The van der Waals surface area contributed by atoms with Gasteiger partial charge in [-0.15, -0.1) is 0 Å². The maximum absolute atomic E-state index is 11.6. The van der Waals surface area contributed by atoms with Crippen LogP contribution in [-0.2, 0) is 9.53 Å². The normalized spacial score (nSPS) is 25.6. The van der Waals surface area contributed by atoms with Crippen LogP contribution in [0.2, 0.25) is 0 Å². The van der Waals surface area contributed by atoms with Gasteiger partial charge in [0.25, 0.3) is 0 Å². The van der Waals surface area contributed by atoms with Crippen molar-refractivity contribution >= 4 is 17.7 Å². The molecule has 1 rings (SSSR count). The highest BCUT2D eigenvalue weighted by molar-refractivity contribution is 7.99. The molecule has 1 N–H and O–H groups in total. The summed E-state index contributed by atoms with van der Waals surface area (Å²) in [5.41, 5.74) is -0.382. The van der Waals surface area contributed by atoms with Gasteiger partial charge in [-0.2, -0.15) is 11.8 Å². The van der Waals surface area contributed by atoms with Crippen LogP contribution in [0.1, 0.15) is 46.5 Å². The molecule has 0 amide bonds. The lowest BCUT2D eigenvalue weighted by Crippen LogP contribution is -2.40. The summed E-state index contributed by atoms with van der Waals surface area (Å²) in [6.45, 7) is 6.03. The summed E-state index contributed by atoms with van der Waals surface area (Å²) in [6.07, 6.45) is 7.09. The van der Waals surface area contributed by atoms with Crippen molar-refractivity contribution in [1.82, 2.24) is 5.32 Å². The van der Waals surface area contributed by atoms with E-state index in [2.05, 4.69) is 11.6 Å². The molecule has 2 unspecified atom stereocenters. The molecule has 3 nitrogen and oxygen atoms in total. The lowest BCUT2D eigenvalue weighted by Gasteiger charge is -2.29. The van der Waals surface area contributed by atoms with Crippen LogP contribution in [-0.4, -0.2) is 35.7 Å². The molecular weight excluding hydrogens is 234 g/mol. The first kappa shape index (κ1) is 14.8. The number of hydrogen-bond acceptors (Lipinski definition) is 4. The Balaban J connectivity index is 2.23. The van der Waals surface area contributed by atoms with Crippen LogP contribution in [0.5, 0.6) is 0 Å². The van der Waals surface area contributed by atoms with Gasteiger partial charge in [-0.1, -0.05) is 6.42 Å². The third-order valence-corrected chi connectivity index (χ3v) is 4.01. The van der Waals surface area contributed by atoms with Gasteiger partial charge in [-0.3, -0.25) is 4.79 Å². The maximum Gasteiger partial charge on any atom is 0.320 e. The van der Waals surface area contributed by atoms with E-state index in [1.165, 1.54) is 25.7 Å². The highest BCUT2D eigenvalue weighted by atomic mass is 32.2. The Labute approximate surface area is 109 Å². The molecule has 0 aromatic rings. The second kappa shape index (κ2) is 6.64. The van der Waals surface area contributed by atoms with Crippen LogP contribution in [0.3, 0.4) is 0 Å². The van der Waals surface area contributed by atoms with Gasteiger partial charge in [0.15, 0.2) is 0 Å². The molecule has 0 aromatic carbocycles. The van der Waals surface area contributed by atoms with Gasteiger partial charge in [-0.05, 0) is 46.3 Å². The largest absolute Gasteiger partial charge is 0.459 e. The summed E-state index contributed by atoms with van der Waals surface area (Å²) in [4.78, 5) is 11.6. The molecule has 0 aromatic heterocycles. The maximum atomic E-state index is 11.6. The van der Waals surface area contributed by atoms with Crippen molar-refractivity contribution in [3.05, 3.63) is 0 Å². The van der Waals surface area contributed by atoms with Crippen LogP contribution in [0.4, 0.5) is 0 Å². The molecule has 1 aliphatic rings. The predicted octanol–water partition coefficient (Wildman–Crippen LogP) is 2.59. The molecule has 100 valence electrons. The molecule has 4 heteroatoms.